The molecule has 0 radical (unpaired) electrons. The van der Waals surface area contributed by atoms with Gasteiger partial charge in [-0.15, -0.1) is 0 Å². The Kier molecular flexibility index (Phi) is 10.5. The predicted molar refractivity (Wildman–Crippen MR) is 92.2 cm³/mol. The lowest BCUT2D eigenvalue weighted by atomic mass is 10.1. The number of hydrogen-bond donors (Lipinski definition) is 0. The van der Waals surface area contributed by atoms with Crippen LogP contribution in [-0.4, -0.2) is 59.7 Å². The first-order valence-corrected chi connectivity index (χ1v) is 7.77. The molecule has 7 nitrogen and oxygen atoms in total. The first-order chi connectivity index (χ1) is 12.1. The van der Waals surface area contributed by atoms with Gasteiger partial charge in [-0.3, -0.25) is 4.79 Å². The largest absolute Gasteiger partial charge is 0.497 e. The second-order valence-corrected chi connectivity index (χ2v) is 5.08. The molecule has 140 valence electrons. The van der Waals surface area contributed by atoms with Crippen LogP contribution in [0.3, 0.4) is 0 Å². The first kappa shape index (κ1) is 21.1. The monoisotopic (exact) mass is 354 g/mol. The Morgan fingerprint density at radius 1 is 1.04 bits per heavy atom. The molecule has 0 heterocycles. The molecule has 7 heteroatoms. The van der Waals surface area contributed by atoms with E-state index in [2.05, 4.69) is 0 Å². The van der Waals surface area contributed by atoms with Crippen molar-refractivity contribution in [3.63, 3.8) is 0 Å². The van der Waals surface area contributed by atoms with Gasteiger partial charge in [-0.25, -0.2) is 0 Å². The zero-order valence-electron chi connectivity index (χ0n) is 15.1. The third-order valence-electron chi connectivity index (χ3n) is 3.19. The Bertz CT molecular complexity index is 513. The summed E-state index contributed by atoms with van der Waals surface area (Å²) in [7, 11) is 4.66. The molecule has 0 amide bonds. The number of methoxy groups -OCH3 is 3. The molecule has 0 aliphatic rings. The molecule has 0 saturated carbocycles. The number of ether oxygens (including phenoxy) is 6. The van der Waals surface area contributed by atoms with E-state index in [1.807, 2.05) is 36.4 Å². The molecule has 0 fully saturated rings. The first-order valence-electron chi connectivity index (χ1n) is 7.77. The average Bonchev–Trinajstić information content (AvgIpc) is 2.63. The number of benzene rings is 1. The van der Waals surface area contributed by atoms with Gasteiger partial charge in [0.15, 0.2) is 0 Å². The summed E-state index contributed by atoms with van der Waals surface area (Å²) in [5.41, 5.74) is 0.963. The van der Waals surface area contributed by atoms with Gasteiger partial charge in [0.2, 0.25) is 0 Å². The number of carbonyl (C=O) groups excluding carboxylic acids is 1. The molecular weight excluding hydrogens is 328 g/mol. The molecule has 1 rings (SSSR count). The molecule has 0 aromatic heterocycles. The summed E-state index contributed by atoms with van der Waals surface area (Å²) in [4.78, 5) is 11.1. The maximum Gasteiger partial charge on any atom is 0.302 e. The maximum atomic E-state index is 11.1. The van der Waals surface area contributed by atoms with Crippen LogP contribution in [0.1, 0.15) is 12.5 Å². The minimum atomic E-state index is -0.534. The van der Waals surface area contributed by atoms with Crippen molar-refractivity contribution in [1.29, 1.82) is 0 Å². The van der Waals surface area contributed by atoms with Crippen LogP contribution in [0, 0.1) is 0 Å². The van der Waals surface area contributed by atoms with Crippen molar-refractivity contribution in [2.75, 3.05) is 41.5 Å². The highest BCUT2D eigenvalue weighted by Crippen LogP contribution is 2.15. The second-order valence-electron chi connectivity index (χ2n) is 5.08. The molecule has 0 aliphatic carbocycles. The van der Waals surface area contributed by atoms with E-state index in [4.69, 9.17) is 28.4 Å². The van der Waals surface area contributed by atoms with Gasteiger partial charge in [0.25, 0.3) is 0 Å². The highest BCUT2D eigenvalue weighted by molar-refractivity contribution is 5.65. The topological polar surface area (TPSA) is 72.5 Å². The Morgan fingerprint density at radius 3 is 2.24 bits per heavy atom. The Morgan fingerprint density at radius 2 is 1.68 bits per heavy atom. The van der Waals surface area contributed by atoms with E-state index in [1.165, 1.54) is 21.1 Å². The molecule has 1 aromatic carbocycles. The fraction of sp³-hybridized carbons (Fsp3) is 0.500. The Labute approximate surface area is 148 Å². The summed E-state index contributed by atoms with van der Waals surface area (Å²) < 4.78 is 31.3. The van der Waals surface area contributed by atoms with Gasteiger partial charge in [-0.05, 0) is 17.7 Å². The van der Waals surface area contributed by atoms with Crippen LogP contribution in [0.5, 0.6) is 5.75 Å². The van der Waals surface area contributed by atoms with E-state index >= 15 is 0 Å². The van der Waals surface area contributed by atoms with Crippen LogP contribution in [0.4, 0.5) is 0 Å². The lowest BCUT2D eigenvalue weighted by molar-refractivity contribution is -0.169. The van der Waals surface area contributed by atoms with Crippen LogP contribution >= 0.6 is 0 Å². The van der Waals surface area contributed by atoms with E-state index in [-0.39, 0.29) is 20.2 Å². The smallest absolute Gasteiger partial charge is 0.302 e. The van der Waals surface area contributed by atoms with Gasteiger partial charge in [0.1, 0.15) is 38.2 Å². The van der Waals surface area contributed by atoms with Crippen molar-refractivity contribution in [1.82, 2.24) is 0 Å². The third-order valence-corrected chi connectivity index (χ3v) is 3.19. The maximum absolute atomic E-state index is 11.1. The summed E-state index contributed by atoms with van der Waals surface area (Å²) in [6.07, 6.45) is 2.69. The Balaban J connectivity index is 2.84. The SMILES string of the molecule is COCO[C@@H](/C=C/c1ccc(OC)cc1)[C@H](COC(C)=O)OCOC. The van der Waals surface area contributed by atoms with Gasteiger partial charge in [0.05, 0.1) is 7.11 Å². The fourth-order valence-electron chi connectivity index (χ4n) is 1.95. The summed E-state index contributed by atoms with van der Waals surface area (Å²) in [6.45, 7) is 1.51. The fourth-order valence-corrected chi connectivity index (χ4v) is 1.95. The summed E-state index contributed by atoms with van der Waals surface area (Å²) >= 11 is 0. The minimum Gasteiger partial charge on any atom is -0.497 e. The molecule has 2 atom stereocenters. The molecule has 0 N–H and O–H groups in total. The average molecular weight is 354 g/mol. The lowest BCUT2D eigenvalue weighted by Gasteiger charge is -2.24. The van der Waals surface area contributed by atoms with Crippen LogP contribution in [0.15, 0.2) is 30.3 Å². The van der Waals surface area contributed by atoms with E-state index in [0.717, 1.165) is 11.3 Å². The van der Waals surface area contributed by atoms with Crippen molar-refractivity contribution < 1.29 is 33.2 Å². The standard InChI is InChI=1S/C18H26O7/c1-14(19)23-11-18(25-13-21-3)17(24-12-20-2)10-7-15-5-8-16(22-4)9-6-15/h5-10,17-18H,11-13H2,1-4H3/b10-7+/t17-,18-/m0/s1. The van der Waals surface area contributed by atoms with Gasteiger partial charge in [0, 0.05) is 21.1 Å². The van der Waals surface area contributed by atoms with Crippen LogP contribution in [0.25, 0.3) is 6.08 Å². The molecule has 0 spiro atoms. The highest BCUT2D eigenvalue weighted by Gasteiger charge is 2.22. The van der Waals surface area contributed by atoms with Crippen molar-refractivity contribution >= 4 is 12.0 Å². The van der Waals surface area contributed by atoms with E-state index in [0.29, 0.717) is 0 Å². The zero-order chi connectivity index (χ0) is 18.5. The molecule has 0 saturated heterocycles. The van der Waals surface area contributed by atoms with Crippen molar-refractivity contribution in [3.05, 3.63) is 35.9 Å². The lowest BCUT2D eigenvalue weighted by Crippen LogP contribution is -2.36. The molecule has 0 unspecified atom stereocenters. The van der Waals surface area contributed by atoms with Crippen molar-refractivity contribution in [3.8, 4) is 5.75 Å². The molecule has 0 aliphatic heterocycles. The molecule has 25 heavy (non-hydrogen) atoms. The highest BCUT2D eigenvalue weighted by atomic mass is 16.7. The van der Waals surface area contributed by atoms with Crippen LogP contribution in [0.2, 0.25) is 0 Å². The van der Waals surface area contributed by atoms with Gasteiger partial charge >= 0.3 is 5.97 Å². The van der Waals surface area contributed by atoms with Crippen molar-refractivity contribution in [2.24, 2.45) is 0 Å². The van der Waals surface area contributed by atoms with Gasteiger partial charge in [-0.1, -0.05) is 24.3 Å². The normalized spacial score (nSPS) is 13.6. The van der Waals surface area contributed by atoms with E-state index in [9.17, 15) is 4.79 Å². The summed E-state index contributed by atoms with van der Waals surface area (Å²) in [5.74, 6) is 0.385. The number of carbonyl (C=O) groups is 1. The summed E-state index contributed by atoms with van der Waals surface area (Å²) in [5, 5.41) is 0. The zero-order valence-corrected chi connectivity index (χ0v) is 15.1. The predicted octanol–water partition coefficient (Wildman–Crippen LogP) is 2.25. The van der Waals surface area contributed by atoms with Gasteiger partial charge < -0.3 is 28.4 Å². The van der Waals surface area contributed by atoms with Gasteiger partial charge in [-0.2, -0.15) is 0 Å². The quantitative estimate of drug-likeness (QED) is 0.421. The molecular formula is C18H26O7. The van der Waals surface area contributed by atoms with Crippen LogP contribution in [-0.2, 0) is 28.5 Å². The van der Waals surface area contributed by atoms with Crippen LogP contribution < -0.4 is 4.74 Å². The molecule has 0 bridgehead atoms. The second kappa shape index (κ2) is 12.4. The van der Waals surface area contributed by atoms with E-state index < -0.39 is 18.2 Å². The Hall–Kier alpha value is -1.93. The third kappa shape index (κ3) is 8.64. The number of esters is 1. The van der Waals surface area contributed by atoms with E-state index in [1.54, 1.807) is 7.11 Å². The van der Waals surface area contributed by atoms with Crippen molar-refractivity contribution in [2.45, 2.75) is 19.1 Å². The minimum absolute atomic E-state index is 0.0417. The summed E-state index contributed by atoms with van der Waals surface area (Å²) in [6, 6.07) is 7.56. The number of rotatable bonds is 12. The molecule has 1 aromatic rings. The number of hydrogen-bond acceptors (Lipinski definition) is 7.